The summed E-state index contributed by atoms with van der Waals surface area (Å²) in [6, 6.07) is -0.799. The first-order valence-electron chi connectivity index (χ1n) is 4.85. The van der Waals surface area contributed by atoms with Gasteiger partial charge in [0.25, 0.3) is 0 Å². The molecule has 0 bridgehead atoms. The van der Waals surface area contributed by atoms with Gasteiger partial charge in [-0.15, -0.1) is 0 Å². The summed E-state index contributed by atoms with van der Waals surface area (Å²) in [5.74, 6) is 0. The molecular weight excluding hydrogens is 184 g/mol. The average Bonchev–Trinajstić information content (AvgIpc) is 2.21. The van der Waals surface area contributed by atoms with Crippen LogP contribution in [0.4, 0.5) is 4.79 Å². The highest BCUT2D eigenvalue weighted by molar-refractivity contribution is 5.70. The monoisotopic (exact) mass is 204 g/mol. The van der Waals surface area contributed by atoms with Crippen LogP contribution in [0.1, 0.15) is 13.3 Å². The molecular formula is C8H20N4O2. The lowest BCUT2D eigenvalue weighted by Crippen LogP contribution is -2.39. The zero-order chi connectivity index (χ0) is 10.8. The summed E-state index contributed by atoms with van der Waals surface area (Å²) in [4.78, 5) is 9.99. The molecule has 0 saturated carbocycles. The van der Waals surface area contributed by atoms with Gasteiger partial charge in [-0.1, -0.05) is 6.92 Å². The first kappa shape index (κ1) is 13.2. The molecule has 6 heteroatoms. The molecule has 1 rings (SSSR count). The van der Waals surface area contributed by atoms with E-state index in [-0.39, 0.29) is 0 Å². The molecule has 0 aromatic heterocycles. The molecule has 0 aliphatic carbocycles. The topological polar surface area (TPSA) is 90.6 Å². The van der Waals surface area contributed by atoms with Crippen molar-refractivity contribution < 1.29 is 10.0 Å². The summed E-state index contributed by atoms with van der Waals surface area (Å²) < 4.78 is 0. The number of nitrogens with two attached hydrogens (primary N) is 1. The van der Waals surface area contributed by atoms with Gasteiger partial charge in [-0.3, -0.25) is 5.21 Å². The van der Waals surface area contributed by atoms with E-state index in [0.29, 0.717) is 18.0 Å². The maximum Gasteiger partial charge on any atom is 0.338 e. The molecule has 14 heavy (non-hydrogen) atoms. The summed E-state index contributed by atoms with van der Waals surface area (Å²) in [5.41, 5.74) is 4.66. The number of carbonyl (C=O) groups excluding carboxylic acids is 1. The van der Waals surface area contributed by atoms with Gasteiger partial charge in [0.1, 0.15) is 0 Å². The van der Waals surface area contributed by atoms with Gasteiger partial charge in [0.05, 0.1) is 0 Å². The van der Waals surface area contributed by atoms with Crippen molar-refractivity contribution in [1.29, 1.82) is 0 Å². The number of primary amides is 1. The van der Waals surface area contributed by atoms with Crippen molar-refractivity contribution in [2.45, 2.75) is 13.3 Å². The molecule has 5 N–H and O–H groups in total. The van der Waals surface area contributed by atoms with Gasteiger partial charge in [0, 0.05) is 32.7 Å². The minimum Gasteiger partial charge on any atom is -0.350 e. The van der Waals surface area contributed by atoms with Gasteiger partial charge >= 0.3 is 6.03 Å². The average molecular weight is 204 g/mol. The number of hydroxylamine groups is 2. The molecule has 1 heterocycles. The van der Waals surface area contributed by atoms with E-state index in [1.807, 2.05) is 6.92 Å². The fraction of sp³-hybridized carbons (Fsp3) is 0.875. The lowest BCUT2D eigenvalue weighted by atomic mass is 10.4. The molecule has 0 aromatic rings. The second kappa shape index (κ2) is 8.74. The molecule has 0 unspecified atom stereocenters. The first-order valence-corrected chi connectivity index (χ1v) is 4.85. The van der Waals surface area contributed by atoms with Gasteiger partial charge in [0.15, 0.2) is 0 Å². The molecule has 84 valence electrons. The van der Waals surface area contributed by atoms with Crippen molar-refractivity contribution in [2.24, 2.45) is 5.73 Å². The Kier molecular flexibility index (Phi) is 8.20. The maximum absolute atomic E-state index is 9.99. The summed E-state index contributed by atoms with van der Waals surface area (Å²) in [6.45, 7) is 6.70. The highest BCUT2D eigenvalue weighted by Gasteiger charge is 2.00. The fourth-order valence-electron chi connectivity index (χ4n) is 0.926. The Balaban J connectivity index is 0.000000249. The van der Waals surface area contributed by atoms with Gasteiger partial charge in [-0.2, -0.15) is 0 Å². The van der Waals surface area contributed by atoms with E-state index < -0.39 is 6.03 Å². The molecule has 0 spiro atoms. The van der Waals surface area contributed by atoms with Gasteiger partial charge in [-0.25, -0.2) is 9.86 Å². The third kappa shape index (κ3) is 7.78. The Morgan fingerprint density at radius 1 is 1.36 bits per heavy atom. The lowest BCUT2D eigenvalue weighted by Gasteiger charge is -2.11. The molecule has 0 radical (unpaired) electrons. The Morgan fingerprint density at radius 2 is 1.79 bits per heavy atom. The van der Waals surface area contributed by atoms with E-state index in [0.717, 1.165) is 26.2 Å². The lowest BCUT2D eigenvalue weighted by molar-refractivity contribution is -0.0389. The number of amides is 2. The number of carbonyl (C=O) groups is 1. The van der Waals surface area contributed by atoms with Crippen LogP contribution >= 0.6 is 0 Å². The molecule has 1 fully saturated rings. The summed E-state index contributed by atoms with van der Waals surface area (Å²) in [6.07, 6.45) is 0.708. The van der Waals surface area contributed by atoms with Crippen molar-refractivity contribution in [3.63, 3.8) is 0 Å². The minimum absolute atomic E-state index is 0.301. The normalized spacial score (nSPS) is 15.3. The van der Waals surface area contributed by atoms with E-state index in [1.165, 1.54) is 0 Å². The van der Waals surface area contributed by atoms with Crippen molar-refractivity contribution in [1.82, 2.24) is 15.7 Å². The number of urea groups is 1. The van der Waals surface area contributed by atoms with Crippen LogP contribution in [0.25, 0.3) is 0 Å². The van der Waals surface area contributed by atoms with Crippen LogP contribution in [-0.2, 0) is 0 Å². The van der Waals surface area contributed by atoms with Crippen LogP contribution in [0, 0.1) is 0 Å². The third-order valence-corrected chi connectivity index (χ3v) is 1.65. The van der Waals surface area contributed by atoms with Gasteiger partial charge in [0.2, 0.25) is 0 Å². The van der Waals surface area contributed by atoms with Gasteiger partial charge < -0.3 is 16.4 Å². The van der Waals surface area contributed by atoms with Crippen LogP contribution in [0.2, 0.25) is 0 Å². The van der Waals surface area contributed by atoms with E-state index in [1.54, 1.807) is 0 Å². The van der Waals surface area contributed by atoms with Crippen molar-refractivity contribution in [3.05, 3.63) is 0 Å². The molecule has 1 aliphatic heterocycles. The predicted molar refractivity (Wildman–Crippen MR) is 54.1 cm³/mol. The SMILES string of the molecule is C1CNCCN1.CCCN(O)C(N)=O. The largest absolute Gasteiger partial charge is 0.350 e. The van der Waals surface area contributed by atoms with Crippen molar-refractivity contribution in [2.75, 3.05) is 32.7 Å². The van der Waals surface area contributed by atoms with E-state index >= 15 is 0 Å². The van der Waals surface area contributed by atoms with Crippen LogP contribution in [0.5, 0.6) is 0 Å². The number of hydrogen-bond acceptors (Lipinski definition) is 4. The zero-order valence-corrected chi connectivity index (χ0v) is 8.62. The zero-order valence-electron chi connectivity index (χ0n) is 8.62. The van der Waals surface area contributed by atoms with Gasteiger partial charge in [-0.05, 0) is 6.42 Å². The number of piperazine rings is 1. The molecule has 2 amide bonds. The van der Waals surface area contributed by atoms with E-state index in [9.17, 15) is 4.79 Å². The second-order valence-corrected chi connectivity index (χ2v) is 2.96. The predicted octanol–water partition coefficient (Wildman–Crippen LogP) is -0.654. The molecule has 1 saturated heterocycles. The van der Waals surface area contributed by atoms with Crippen molar-refractivity contribution >= 4 is 6.03 Å². The Hall–Kier alpha value is -0.850. The summed E-state index contributed by atoms with van der Waals surface area (Å²) in [5, 5.41) is 15.4. The Labute approximate surface area is 84.4 Å². The van der Waals surface area contributed by atoms with Crippen LogP contribution in [0.3, 0.4) is 0 Å². The maximum atomic E-state index is 9.99. The van der Waals surface area contributed by atoms with Crippen LogP contribution in [-0.4, -0.2) is 49.0 Å². The fourth-order valence-corrected chi connectivity index (χ4v) is 0.926. The van der Waals surface area contributed by atoms with Crippen LogP contribution in [0.15, 0.2) is 0 Å². The minimum atomic E-state index is -0.799. The third-order valence-electron chi connectivity index (χ3n) is 1.65. The Bertz CT molecular complexity index is 139. The molecule has 0 atom stereocenters. The highest BCUT2D eigenvalue weighted by Crippen LogP contribution is 1.82. The van der Waals surface area contributed by atoms with Crippen molar-refractivity contribution in [3.8, 4) is 0 Å². The molecule has 1 aliphatic rings. The van der Waals surface area contributed by atoms with E-state index in [2.05, 4.69) is 16.4 Å². The second-order valence-electron chi connectivity index (χ2n) is 2.96. The summed E-state index contributed by atoms with van der Waals surface area (Å²) >= 11 is 0. The highest BCUT2D eigenvalue weighted by atomic mass is 16.5. The quantitative estimate of drug-likeness (QED) is 0.355. The standard InChI is InChI=1S/C4H10N2O2.C4H10N2/c1-2-3-6(8)4(5)7;1-2-6-4-3-5-1/h8H,2-3H2,1H3,(H2,5,7);5-6H,1-4H2. The smallest absolute Gasteiger partial charge is 0.338 e. The number of nitrogens with one attached hydrogen (secondary N) is 2. The number of nitrogens with zero attached hydrogens (tertiary/aromatic N) is 1. The number of rotatable bonds is 2. The molecule has 6 nitrogen and oxygen atoms in total. The number of hydrogen-bond donors (Lipinski definition) is 4. The van der Waals surface area contributed by atoms with E-state index in [4.69, 9.17) is 5.21 Å². The summed E-state index contributed by atoms with van der Waals surface area (Å²) in [7, 11) is 0. The Morgan fingerprint density at radius 3 is 1.93 bits per heavy atom. The van der Waals surface area contributed by atoms with Crippen LogP contribution < -0.4 is 16.4 Å². The molecule has 0 aromatic carbocycles. The first-order chi connectivity index (χ1) is 6.68.